The first-order valence-corrected chi connectivity index (χ1v) is 5.98. The third-order valence-corrected chi connectivity index (χ3v) is 3.10. The Labute approximate surface area is 110 Å². The van der Waals surface area contributed by atoms with Crippen LogP contribution in [0.2, 0.25) is 0 Å². The summed E-state index contributed by atoms with van der Waals surface area (Å²) in [6, 6.07) is 4.88. The van der Waals surface area contributed by atoms with Crippen LogP contribution in [0.15, 0.2) is 24.4 Å². The number of nitrogens with zero attached hydrogens (tertiary/aromatic N) is 2. The lowest BCUT2D eigenvalue weighted by Crippen LogP contribution is -2.04. The van der Waals surface area contributed by atoms with E-state index in [1.54, 1.807) is 25.3 Å². The molecule has 1 heterocycles. The van der Waals surface area contributed by atoms with Gasteiger partial charge >= 0.3 is 5.97 Å². The molecule has 2 rings (SSSR count). The van der Waals surface area contributed by atoms with E-state index in [1.165, 1.54) is 6.07 Å². The Balaban J connectivity index is 2.30. The molecule has 4 nitrogen and oxygen atoms in total. The molecule has 0 unspecified atom stereocenters. The van der Waals surface area contributed by atoms with Gasteiger partial charge in [0.1, 0.15) is 11.6 Å². The molecule has 0 bridgehead atoms. The number of carbonyl (C=O) groups is 1. The maximum Gasteiger partial charge on any atom is 0.303 e. The second kappa shape index (κ2) is 5.22. The van der Waals surface area contributed by atoms with E-state index in [0.717, 1.165) is 11.3 Å². The molecule has 5 heteroatoms. The maximum atomic E-state index is 13.2. The van der Waals surface area contributed by atoms with Crippen LogP contribution in [0.3, 0.4) is 0 Å². The summed E-state index contributed by atoms with van der Waals surface area (Å²) in [5.41, 5.74) is 2.30. The number of hydrogen-bond acceptors (Lipinski definition) is 2. The van der Waals surface area contributed by atoms with Gasteiger partial charge in [-0.25, -0.2) is 9.37 Å². The van der Waals surface area contributed by atoms with E-state index >= 15 is 0 Å². The Hall–Kier alpha value is -2.17. The molecular weight excluding hydrogens is 247 g/mol. The number of aromatic nitrogens is 2. The second-order valence-electron chi connectivity index (χ2n) is 4.48. The van der Waals surface area contributed by atoms with Crippen LogP contribution in [0.1, 0.15) is 17.8 Å². The number of carboxylic acids is 1. The van der Waals surface area contributed by atoms with Gasteiger partial charge in [0.25, 0.3) is 0 Å². The fourth-order valence-electron chi connectivity index (χ4n) is 1.97. The smallest absolute Gasteiger partial charge is 0.303 e. The first kappa shape index (κ1) is 13.3. The van der Waals surface area contributed by atoms with Gasteiger partial charge in [-0.05, 0) is 30.7 Å². The van der Waals surface area contributed by atoms with Gasteiger partial charge in [-0.3, -0.25) is 4.79 Å². The highest BCUT2D eigenvalue weighted by Gasteiger charge is 2.10. The molecule has 0 aliphatic heterocycles. The van der Waals surface area contributed by atoms with Crippen molar-refractivity contribution in [3.63, 3.8) is 0 Å². The Morgan fingerprint density at radius 2 is 2.21 bits per heavy atom. The lowest BCUT2D eigenvalue weighted by Gasteiger charge is -2.06. The van der Waals surface area contributed by atoms with Crippen molar-refractivity contribution in [1.82, 2.24) is 9.55 Å². The highest BCUT2D eigenvalue weighted by molar-refractivity contribution is 5.67. The standard InChI is InChI=1S/C14H15FN2O2/c1-9-7-10(3-4-11(9)15)12-8-16-13(17(12)2)5-6-14(18)19/h3-4,7-8H,5-6H2,1-2H3,(H,18,19). The summed E-state index contributed by atoms with van der Waals surface area (Å²) in [5, 5.41) is 8.68. The van der Waals surface area contributed by atoms with Gasteiger partial charge in [-0.1, -0.05) is 0 Å². The van der Waals surface area contributed by atoms with Crippen molar-refractivity contribution in [3.8, 4) is 11.3 Å². The van der Waals surface area contributed by atoms with Gasteiger partial charge < -0.3 is 9.67 Å². The quantitative estimate of drug-likeness (QED) is 0.921. The number of aryl methyl sites for hydroxylation is 2. The SMILES string of the molecule is Cc1cc(-c2cnc(CCC(=O)O)n2C)ccc1F. The zero-order valence-corrected chi connectivity index (χ0v) is 10.9. The number of carboxylic acid groups (broad SMARTS) is 1. The molecule has 0 spiro atoms. The van der Waals surface area contributed by atoms with Crippen molar-refractivity contribution in [1.29, 1.82) is 0 Å². The largest absolute Gasteiger partial charge is 0.481 e. The van der Waals surface area contributed by atoms with Gasteiger partial charge in [0.2, 0.25) is 0 Å². The van der Waals surface area contributed by atoms with Crippen LogP contribution in [-0.2, 0) is 18.3 Å². The zero-order valence-electron chi connectivity index (χ0n) is 10.9. The summed E-state index contributed by atoms with van der Waals surface area (Å²) in [6.07, 6.45) is 2.11. The summed E-state index contributed by atoms with van der Waals surface area (Å²) in [4.78, 5) is 14.8. The van der Waals surface area contributed by atoms with Gasteiger partial charge in [0.15, 0.2) is 0 Å². The van der Waals surface area contributed by atoms with E-state index in [-0.39, 0.29) is 12.2 Å². The first-order chi connectivity index (χ1) is 8.99. The Bertz CT molecular complexity index is 620. The molecule has 0 saturated heterocycles. The highest BCUT2D eigenvalue weighted by Crippen LogP contribution is 2.22. The van der Waals surface area contributed by atoms with Crippen molar-refractivity contribution in [2.24, 2.45) is 7.05 Å². The molecule has 0 aliphatic rings. The Kier molecular flexibility index (Phi) is 3.64. The monoisotopic (exact) mass is 262 g/mol. The molecule has 0 saturated carbocycles. The molecular formula is C14H15FN2O2. The zero-order chi connectivity index (χ0) is 14.0. The minimum atomic E-state index is -0.845. The third-order valence-electron chi connectivity index (χ3n) is 3.10. The molecule has 0 amide bonds. The van der Waals surface area contributed by atoms with E-state index in [0.29, 0.717) is 17.8 Å². The summed E-state index contributed by atoms with van der Waals surface area (Å²) >= 11 is 0. The molecule has 19 heavy (non-hydrogen) atoms. The number of benzene rings is 1. The van der Waals surface area contributed by atoms with E-state index < -0.39 is 5.97 Å². The average Bonchev–Trinajstić information content (AvgIpc) is 2.72. The number of imidazole rings is 1. The Morgan fingerprint density at radius 1 is 1.47 bits per heavy atom. The molecule has 2 aromatic rings. The number of rotatable bonds is 4. The predicted octanol–water partition coefficient (Wildman–Crippen LogP) is 2.55. The Morgan fingerprint density at radius 3 is 2.84 bits per heavy atom. The fourth-order valence-corrected chi connectivity index (χ4v) is 1.97. The first-order valence-electron chi connectivity index (χ1n) is 5.98. The predicted molar refractivity (Wildman–Crippen MR) is 69.3 cm³/mol. The van der Waals surface area contributed by atoms with Gasteiger partial charge in [-0.2, -0.15) is 0 Å². The topological polar surface area (TPSA) is 55.1 Å². The van der Waals surface area contributed by atoms with Crippen LogP contribution >= 0.6 is 0 Å². The minimum absolute atomic E-state index is 0.0484. The van der Waals surface area contributed by atoms with E-state index in [9.17, 15) is 9.18 Å². The summed E-state index contributed by atoms with van der Waals surface area (Å²) in [7, 11) is 1.83. The van der Waals surface area contributed by atoms with Crippen molar-refractivity contribution in [2.45, 2.75) is 19.8 Å². The molecule has 0 fully saturated rings. The molecule has 0 atom stereocenters. The highest BCUT2D eigenvalue weighted by atomic mass is 19.1. The second-order valence-corrected chi connectivity index (χ2v) is 4.48. The van der Waals surface area contributed by atoms with Crippen LogP contribution in [0.5, 0.6) is 0 Å². The third kappa shape index (κ3) is 2.81. The van der Waals surface area contributed by atoms with Gasteiger partial charge in [0.05, 0.1) is 18.3 Å². The van der Waals surface area contributed by atoms with Crippen LogP contribution < -0.4 is 0 Å². The summed E-state index contributed by atoms with van der Waals surface area (Å²) < 4.78 is 15.1. The molecule has 100 valence electrons. The number of aliphatic carboxylic acids is 1. The molecule has 1 aromatic carbocycles. The molecule has 1 aromatic heterocycles. The number of halogens is 1. The lowest BCUT2D eigenvalue weighted by atomic mass is 10.1. The lowest BCUT2D eigenvalue weighted by molar-refractivity contribution is -0.137. The summed E-state index contributed by atoms with van der Waals surface area (Å²) in [6.45, 7) is 1.71. The van der Waals surface area contributed by atoms with E-state index in [1.807, 2.05) is 11.6 Å². The molecule has 1 N–H and O–H groups in total. The van der Waals surface area contributed by atoms with Crippen molar-refractivity contribution in [3.05, 3.63) is 41.6 Å². The van der Waals surface area contributed by atoms with Crippen LogP contribution in [0, 0.1) is 12.7 Å². The van der Waals surface area contributed by atoms with E-state index in [4.69, 9.17) is 5.11 Å². The number of hydrogen-bond donors (Lipinski definition) is 1. The van der Waals surface area contributed by atoms with E-state index in [2.05, 4.69) is 4.98 Å². The average molecular weight is 262 g/mol. The molecule has 0 radical (unpaired) electrons. The van der Waals surface area contributed by atoms with Crippen LogP contribution in [-0.4, -0.2) is 20.6 Å². The fraction of sp³-hybridized carbons (Fsp3) is 0.286. The minimum Gasteiger partial charge on any atom is -0.481 e. The maximum absolute atomic E-state index is 13.2. The van der Waals surface area contributed by atoms with Crippen molar-refractivity contribution in [2.75, 3.05) is 0 Å². The van der Waals surface area contributed by atoms with Gasteiger partial charge in [0, 0.05) is 19.0 Å². The van der Waals surface area contributed by atoms with Crippen molar-refractivity contribution < 1.29 is 14.3 Å². The van der Waals surface area contributed by atoms with Crippen LogP contribution in [0.4, 0.5) is 4.39 Å². The van der Waals surface area contributed by atoms with Crippen LogP contribution in [0.25, 0.3) is 11.3 Å². The molecule has 0 aliphatic carbocycles. The normalized spacial score (nSPS) is 10.7. The van der Waals surface area contributed by atoms with Gasteiger partial charge in [-0.15, -0.1) is 0 Å². The van der Waals surface area contributed by atoms with Crippen molar-refractivity contribution >= 4 is 5.97 Å². The summed E-state index contributed by atoms with van der Waals surface area (Å²) in [5.74, 6) is -0.376.